The van der Waals surface area contributed by atoms with Gasteiger partial charge in [0, 0.05) is 4.47 Å². The number of carboxylic acid groups (broad SMARTS) is 1. The van der Waals surface area contributed by atoms with Gasteiger partial charge in [-0.1, -0.05) is 22.0 Å². The monoisotopic (exact) mass is 338 g/mol. The standard InChI is InChI=1S/C12H10BrF3O3/c13-9-3-1-2-8(12(14,15)16)7(9)4-11(10(17)18)5-19-6-11/h1-3H,4-6H2,(H,17,18). The highest BCUT2D eigenvalue weighted by molar-refractivity contribution is 9.10. The molecule has 2 rings (SSSR count). The van der Waals surface area contributed by atoms with Crippen LogP contribution in [0.5, 0.6) is 0 Å². The molecule has 104 valence electrons. The molecule has 0 radical (unpaired) electrons. The molecule has 1 aromatic rings. The minimum Gasteiger partial charge on any atom is -0.481 e. The lowest BCUT2D eigenvalue weighted by Crippen LogP contribution is -2.50. The summed E-state index contributed by atoms with van der Waals surface area (Å²) in [5, 5.41) is 9.15. The first-order valence-corrected chi connectivity index (χ1v) is 6.21. The summed E-state index contributed by atoms with van der Waals surface area (Å²) in [6.07, 6.45) is -4.72. The normalized spacial score (nSPS) is 17.9. The summed E-state index contributed by atoms with van der Waals surface area (Å²) in [6.45, 7) is -0.137. The third-order valence-corrected chi connectivity index (χ3v) is 3.89. The van der Waals surface area contributed by atoms with E-state index in [-0.39, 0.29) is 29.7 Å². The number of alkyl halides is 3. The van der Waals surface area contributed by atoms with Crippen molar-refractivity contribution in [1.82, 2.24) is 0 Å². The first kappa shape index (κ1) is 14.3. The number of halogens is 4. The van der Waals surface area contributed by atoms with E-state index < -0.39 is 23.1 Å². The van der Waals surface area contributed by atoms with Gasteiger partial charge in [-0.3, -0.25) is 4.79 Å². The van der Waals surface area contributed by atoms with E-state index in [9.17, 15) is 18.0 Å². The molecule has 0 amide bonds. The first-order chi connectivity index (χ1) is 8.76. The summed E-state index contributed by atoms with van der Waals surface area (Å²) in [5.74, 6) is -1.14. The van der Waals surface area contributed by atoms with Crippen LogP contribution in [0.1, 0.15) is 11.1 Å². The lowest BCUT2D eigenvalue weighted by molar-refractivity contribution is -0.180. The van der Waals surface area contributed by atoms with Gasteiger partial charge >= 0.3 is 12.1 Å². The maximum absolute atomic E-state index is 12.9. The minimum atomic E-state index is -4.51. The van der Waals surface area contributed by atoms with Crippen molar-refractivity contribution < 1.29 is 27.8 Å². The first-order valence-electron chi connectivity index (χ1n) is 5.42. The molecule has 0 aromatic heterocycles. The SMILES string of the molecule is O=C(O)C1(Cc2c(Br)cccc2C(F)(F)F)COC1. The van der Waals surface area contributed by atoms with Crippen LogP contribution in [0.15, 0.2) is 22.7 Å². The summed E-state index contributed by atoms with van der Waals surface area (Å²) >= 11 is 3.06. The Balaban J connectivity index is 2.42. The molecule has 1 saturated heterocycles. The molecule has 0 unspecified atom stereocenters. The van der Waals surface area contributed by atoms with E-state index in [0.717, 1.165) is 6.07 Å². The van der Waals surface area contributed by atoms with Crippen molar-refractivity contribution in [3.05, 3.63) is 33.8 Å². The Hall–Kier alpha value is -1.08. The topological polar surface area (TPSA) is 46.5 Å². The average Bonchev–Trinajstić information content (AvgIpc) is 2.22. The molecule has 1 fully saturated rings. The van der Waals surface area contributed by atoms with Crippen LogP contribution < -0.4 is 0 Å². The number of carbonyl (C=O) groups is 1. The molecule has 7 heteroatoms. The molecule has 0 spiro atoms. The largest absolute Gasteiger partial charge is 0.481 e. The van der Waals surface area contributed by atoms with Crippen molar-refractivity contribution in [2.45, 2.75) is 12.6 Å². The van der Waals surface area contributed by atoms with E-state index in [4.69, 9.17) is 9.84 Å². The summed E-state index contributed by atoms with van der Waals surface area (Å²) in [4.78, 5) is 11.2. The van der Waals surface area contributed by atoms with E-state index in [1.807, 2.05) is 0 Å². The van der Waals surface area contributed by atoms with Crippen LogP contribution >= 0.6 is 15.9 Å². The highest BCUT2D eigenvalue weighted by Crippen LogP contribution is 2.40. The van der Waals surface area contributed by atoms with Crippen molar-refractivity contribution in [3.63, 3.8) is 0 Å². The molecule has 0 saturated carbocycles. The van der Waals surface area contributed by atoms with Crippen molar-refractivity contribution >= 4 is 21.9 Å². The number of hydrogen-bond acceptors (Lipinski definition) is 2. The molecule has 1 aliphatic rings. The molecule has 19 heavy (non-hydrogen) atoms. The maximum atomic E-state index is 12.9. The summed E-state index contributed by atoms with van der Waals surface area (Å²) in [7, 11) is 0. The van der Waals surface area contributed by atoms with Gasteiger partial charge in [0.1, 0.15) is 5.41 Å². The van der Waals surface area contributed by atoms with Gasteiger partial charge < -0.3 is 9.84 Å². The molecular formula is C12H10BrF3O3. The van der Waals surface area contributed by atoms with Gasteiger partial charge in [-0.05, 0) is 24.1 Å². The summed E-state index contributed by atoms with van der Waals surface area (Å²) < 4.78 is 43.9. The second-order valence-electron chi connectivity index (χ2n) is 4.52. The van der Waals surface area contributed by atoms with Crippen molar-refractivity contribution in [3.8, 4) is 0 Å². The second kappa shape index (κ2) is 4.79. The fraction of sp³-hybridized carbons (Fsp3) is 0.417. The van der Waals surface area contributed by atoms with E-state index in [2.05, 4.69) is 15.9 Å². The Bertz CT molecular complexity index is 509. The number of ether oxygens (including phenoxy) is 1. The average molecular weight is 339 g/mol. The van der Waals surface area contributed by atoms with Crippen LogP contribution in [-0.4, -0.2) is 24.3 Å². The molecule has 1 aliphatic heterocycles. The van der Waals surface area contributed by atoms with Gasteiger partial charge in [-0.25, -0.2) is 0 Å². The van der Waals surface area contributed by atoms with Crippen LogP contribution in [0.2, 0.25) is 0 Å². The molecule has 0 aliphatic carbocycles. The minimum absolute atomic E-state index is 0.0410. The van der Waals surface area contributed by atoms with Gasteiger partial charge in [0.2, 0.25) is 0 Å². The lowest BCUT2D eigenvalue weighted by atomic mass is 9.79. The Labute approximate surface area is 115 Å². The van der Waals surface area contributed by atoms with Crippen LogP contribution in [0.3, 0.4) is 0 Å². The zero-order valence-corrected chi connectivity index (χ0v) is 11.2. The smallest absolute Gasteiger partial charge is 0.416 e. The zero-order valence-electron chi connectivity index (χ0n) is 9.63. The van der Waals surface area contributed by atoms with Crippen molar-refractivity contribution in [2.75, 3.05) is 13.2 Å². The molecule has 0 bridgehead atoms. The molecule has 0 atom stereocenters. The van der Waals surface area contributed by atoms with E-state index in [1.54, 1.807) is 0 Å². The summed E-state index contributed by atoms with van der Waals surface area (Å²) in [6, 6.07) is 3.70. The van der Waals surface area contributed by atoms with Crippen LogP contribution in [0.4, 0.5) is 13.2 Å². The molecular weight excluding hydrogens is 329 g/mol. The quantitative estimate of drug-likeness (QED) is 0.921. The number of aliphatic carboxylic acids is 1. The van der Waals surface area contributed by atoms with Crippen LogP contribution in [0, 0.1) is 5.41 Å². The zero-order chi connectivity index (χ0) is 14.3. The Morgan fingerprint density at radius 1 is 1.42 bits per heavy atom. The maximum Gasteiger partial charge on any atom is 0.416 e. The Morgan fingerprint density at radius 2 is 2.05 bits per heavy atom. The number of carboxylic acids is 1. The van der Waals surface area contributed by atoms with Crippen LogP contribution in [-0.2, 0) is 22.1 Å². The highest BCUT2D eigenvalue weighted by atomic mass is 79.9. The highest BCUT2D eigenvalue weighted by Gasteiger charge is 2.48. The van der Waals surface area contributed by atoms with Crippen molar-refractivity contribution in [2.24, 2.45) is 5.41 Å². The van der Waals surface area contributed by atoms with E-state index >= 15 is 0 Å². The predicted molar refractivity (Wildman–Crippen MR) is 63.7 cm³/mol. The van der Waals surface area contributed by atoms with Gasteiger partial charge in [0.05, 0.1) is 18.8 Å². The number of benzene rings is 1. The predicted octanol–water partition coefficient (Wildman–Crippen LogP) is 3.11. The summed E-state index contributed by atoms with van der Waals surface area (Å²) in [5.41, 5.74) is -2.11. The Kier molecular flexibility index (Phi) is 3.61. The van der Waals surface area contributed by atoms with Gasteiger partial charge in [0.25, 0.3) is 0 Å². The molecule has 1 aromatic carbocycles. The lowest BCUT2D eigenvalue weighted by Gasteiger charge is -2.38. The Morgan fingerprint density at radius 3 is 2.47 bits per heavy atom. The second-order valence-corrected chi connectivity index (χ2v) is 5.37. The number of rotatable bonds is 3. The van der Waals surface area contributed by atoms with Crippen LogP contribution in [0.25, 0.3) is 0 Å². The third kappa shape index (κ3) is 2.62. The van der Waals surface area contributed by atoms with Crippen molar-refractivity contribution in [1.29, 1.82) is 0 Å². The molecule has 1 N–H and O–H groups in total. The van der Waals surface area contributed by atoms with E-state index in [1.165, 1.54) is 12.1 Å². The van der Waals surface area contributed by atoms with Gasteiger partial charge in [0.15, 0.2) is 0 Å². The fourth-order valence-electron chi connectivity index (χ4n) is 1.99. The fourth-order valence-corrected chi connectivity index (χ4v) is 2.50. The van der Waals surface area contributed by atoms with Gasteiger partial charge in [-0.15, -0.1) is 0 Å². The number of hydrogen-bond donors (Lipinski definition) is 1. The molecule has 3 nitrogen and oxygen atoms in total. The van der Waals surface area contributed by atoms with Gasteiger partial charge in [-0.2, -0.15) is 13.2 Å². The molecule has 1 heterocycles. The van der Waals surface area contributed by atoms with E-state index in [0.29, 0.717) is 0 Å². The third-order valence-electron chi connectivity index (χ3n) is 3.15.